The van der Waals surface area contributed by atoms with E-state index in [1.165, 1.54) is 10.4 Å². The molecule has 2 aromatic heterocycles. The molecule has 0 spiro atoms. The number of thiophene rings is 1. The summed E-state index contributed by atoms with van der Waals surface area (Å²) in [6.07, 6.45) is 0. The maximum atomic E-state index is 8.72. The van der Waals surface area contributed by atoms with Crippen molar-refractivity contribution < 1.29 is 0 Å². The van der Waals surface area contributed by atoms with Gasteiger partial charge in [0.1, 0.15) is 17.6 Å². The van der Waals surface area contributed by atoms with Crippen LogP contribution in [0.15, 0.2) is 29.6 Å². The number of hydrogen-bond acceptors (Lipinski definition) is 4. The first-order valence-electron chi connectivity index (χ1n) is 4.93. The third-order valence-corrected chi connectivity index (χ3v) is 3.28. The third kappa shape index (κ3) is 2.38. The number of pyridine rings is 1. The molecule has 0 aliphatic carbocycles. The van der Waals surface area contributed by atoms with Gasteiger partial charge in [-0.2, -0.15) is 5.26 Å². The van der Waals surface area contributed by atoms with Crippen LogP contribution < -0.4 is 5.32 Å². The van der Waals surface area contributed by atoms with E-state index in [-0.39, 0.29) is 0 Å². The van der Waals surface area contributed by atoms with Gasteiger partial charge in [0, 0.05) is 4.88 Å². The maximum Gasteiger partial charge on any atom is 0.142 e. The summed E-state index contributed by atoms with van der Waals surface area (Å²) in [7, 11) is 0. The van der Waals surface area contributed by atoms with Crippen LogP contribution in [-0.2, 0) is 6.54 Å². The molecule has 0 fully saturated rings. The van der Waals surface area contributed by atoms with Gasteiger partial charge in [0.25, 0.3) is 0 Å². The van der Waals surface area contributed by atoms with Crippen LogP contribution in [0.3, 0.4) is 0 Å². The zero-order valence-corrected chi connectivity index (χ0v) is 9.71. The lowest BCUT2D eigenvalue weighted by Crippen LogP contribution is -2.01. The van der Waals surface area contributed by atoms with Crippen LogP contribution in [-0.4, -0.2) is 4.98 Å². The third-order valence-electron chi connectivity index (χ3n) is 2.26. The van der Waals surface area contributed by atoms with Crippen molar-refractivity contribution in [3.05, 3.63) is 45.8 Å². The van der Waals surface area contributed by atoms with Crippen molar-refractivity contribution >= 4 is 17.2 Å². The second-order valence-electron chi connectivity index (χ2n) is 3.40. The van der Waals surface area contributed by atoms with Crippen molar-refractivity contribution in [2.45, 2.75) is 13.5 Å². The van der Waals surface area contributed by atoms with Gasteiger partial charge in [0.15, 0.2) is 0 Å². The van der Waals surface area contributed by atoms with Crippen LogP contribution in [0.2, 0.25) is 0 Å². The van der Waals surface area contributed by atoms with Crippen molar-refractivity contribution in [2.75, 3.05) is 5.32 Å². The molecule has 80 valence electrons. The van der Waals surface area contributed by atoms with Crippen molar-refractivity contribution in [2.24, 2.45) is 0 Å². The zero-order chi connectivity index (χ0) is 11.4. The van der Waals surface area contributed by atoms with Crippen LogP contribution in [0, 0.1) is 18.3 Å². The van der Waals surface area contributed by atoms with E-state index in [2.05, 4.69) is 28.7 Å². The van der Waals surface area contributed by atoms with Crippen LogP contribution in [0.25, 0.3) is 0 Å². The Balaban J connectivity index is 2.05. The summed E-state index contributed by atoms with van der Waals surface area (Å²) in [5.74, 6) is 0.742. The lowest BCUT2D eigenvalue weighted by molar-refractivity contribution is 1.12. The van der Waals surface area contributed by atoms with Gasteiger partial charge >= 0.3 is 0 Å². The van der Waals surface area contributed by atoms with E-state index in [9.17, 15) is 0 Å². The number of anilines is 1. The van der Waals surface area contributed by atoms with Crippen LogP contribution in [0.5, 0.6) is 0 Å². The highest BCUT2D eigenvalue weighted by Gasteiger charge is 2.00. The molecule has 0 amide bonds. The SMILES string of the molecule is Cc1ccsc1CNc1cccc(C#N)n1. The Morgan fingerprint density at radius 2 is 2.31 bits per heavy atom. The predicted molar refractivity (Wildman–Crippen MR) is 65.3 cm³/mol. The van der Waals surface area contributed by atoms with Gasteiger partial charge in [0.05, 0.1) is 6.54 Å². The van der Waals surface area contributed by atoms with E-state index >= 15 is 0 Å². The summed E-state index contributed by atoms with van der Waals surface area (Å²) in [5.41, 5.74) is 1.72. The predicted octanol–water partition coefficient (Wildman–Crippen LogP) is 2.94. The average Bonchev–Trinajstić information content (AvgIpc) is 2.72. The molecular formula is C12H11N3S. The summed E-state index contributed by atoms with van der Waals surface area (Å²) < 4.78 is 0. The number of aromatic nitrogens is 1. The first kappa shape index (κ1) is 10.7. The Hall–Kier alpha value is -1.86. The molecule has 0 aliphatic rings. The summed E-state index contributed by atoms with van der Waals surface area (Å²) in [4.78, 5) is 5.45. The second-order valence-corrected chi connectivity index (χ2v) is 4.40. The van der Waals surface area contributed by atoms with Crippen molar-refractivity contribution in [3.63, 3.8) is 0 Å². The number of hydrogen-bond donors (Lipinski definition) is 1. The lowest BCUT2D eigenvalue weighted by Gasteiger charge is -2.04. The van der Waals surface area contributed by atoms with Gasteiger partial charge < -0.3 is 5.32 Å². The van der Waals surface area contributed by atoms with E-state index in [4.69, 9.17) is 5.26 Å². The Kier molecular flexibility index (Phi) is 3.18. The Morgan fingerprint density at radius 1 is 1.44 bits per heavy atom. The summed E-state index contributed by atoms with van der Waals surface area (Å²) in [6, 6.07) is 9.51. The molecule has 16 heavy (non-hydrogen) atoms. The molecular weight excluding hydrogens is 218 g/mol. The minimum atomic E-state index is 0.438. The highest BCUT2D eigenvalue weighted by Crippen LogP contribution is 2.16. The molecule has 0 bridgehead atoms. The first-order valence-corrected chi connectivity index (χ1v) is 5.81. The topological polar surface area (TPSA) is 48.7 Å². The zero-order valence-electron chi connectivity index (χ0n) is 8.90. The molecule has 0 aliphatic heterocycles. The van der Waals surface area contributed by atoms with Gasteiger partial charge in [-0.05, 0) is 36.1 Å². The molecule has 0 saturated carbocycles. The molecule has 0 atom stereocenters. The smallest absolute Gasteiger partial charge is 0.142 e. The molecule has 2 aromatic rings. The minimum Gasteiger partial charge on any atom is -0.365 e. The van der Waals surface area contributed by atoms with E-state index in [1.807, 2.05) is 18.2 Å². The Morgan fingerprint density at radius 3 is 3.00 bits per heavy atom. The number of nitrogens with one attached hydrogen (secondary N) is 1. The van der Waals surface area contributed by atoms with Crippen LogP contribution in [0.1, 0.15) is 16.1 Å². The van der Waals surface area contributed by atoms with Gasteiger partial charge in [-0.25, -0.2) is 4.98 Å². The molecule has 1 N–H and O–H groups in total. The highest BCUT2D eigenvalue weighted by atomic mass is 32.1. The number of nitrogens with zero attached hydrogens (tertiary/aromatic N) is 2. The fraction of sp³-hybridized carbons (Fsp3) is 0.167. The molecule has 0 aromatic carbocycles. The maximum absolute atomic E-state index is 8.72. The first-order chi connectivity index (χ1) is 7.79. The minimum absolute atomic E-state index is 0.438. The monoisotopic (exact) mass is 229 g/mol. The number of aryl methyl sites for hydroxylation is 1. The van der Waals surface area contributed by atoms with Gasteiger partial charge in [-0.3, -0.25) is 0 Å². The van der Waals surface area contributed by atoms with E-state index in [1.54, 1.807) is 17.4 Å². The largest absolute Gasteiger partial charge is 0.365 e. The molecule has 0 saturated heterocycles. The quantitative estimate of drug-likeness (QED) is 0.880. The van der Waals surface area contributed by atoms with Crippen molar-refractivity contribution in [3.8, 4) is 6.07 Å². The van der Waals surface area contributed by atoms with Crippen LogP contribution >= 0.6 is 11.3 Å². The summed E-state index contributed by atoms with van der Waals surface area (Å²) >= 11 is 1.72. The summed E-state index contributed by atoms with van der Waals surface area (Å²) in [5, 5.41) is 14.0. The van der Waals surface area contributed by atoms with Crippen LogP contribution in [0.4, 0.5) is 5.82 Å². The molecule has 2 rings (SSSR count). The molecule has 0 radical (unpaired) electrons. The molecule has 4 heteroatoms. The van der Waals surface area contributed by atoms with E-state index in [0.29, 0.717) is 5.69 Å². The molecule has 0 unspecified atom stereocenters. The fourth-order valence-corrected chi connectivity index (χ4v) is 2.20. The Bertz CT molecular complexity index is 525. The van der Waals surface area contributed by atoms with Gasteiger partial charge in [-0.1, -0.05) is 6.07 Å². The lowest BCUT2D eigenvalue weighted by atomic mass is 10.3. The average molecular weight is 229 g/mol. The fourth-order valence-electron chi connectivity index (χ4n) is 1.35. The number of nitriles is 1. The van der Waals surface area contributed by atoms with E-state index in [0.717, 1.165) is 12.4 Å². The number of rotatable bonds is 3. The highest BCUT2D eigenvalue weighted by molar-refractivity contribution is 7.10. The molecule has 2 heterocycles. The van der Waals surface area contributed by atoms with E-state index < -0.39 is 0 Å². The van der Waals surface area contributed by atoms with Gasteiger partial charge in [0.2, 0.25) is 0 Å². The second kappa shape index (κ2) is 4.77. The summed E-state index contributed by atoms with van der Waals surface area (Å²) in [6.45, 7) is 2.85. The Labute approximate surface area is 98.4 Å². The normalized spacial score (nSPS) is 9.75. The van der Waals surface area contributed by atoms with Gasteiger partial charge in [-0.15, -0.1) is 11.3 Å². The van der Waals surface area contributed by atoms with Crippen molar-refractivity contribution in [1.29, 1.82) is 5.26 Å². The molecule has 3 nitrogen and oxygen atoms in total. The van der Waals surface area contributed by atoms with Crippen molar-refractivity contribution in [1.82, 2.24) is 4.98 Å². The standard InChI is InChI=1S/C12H11N3S/c1-9-5-6-16-11(9)8-14-12-4-2-3-10(7-13)15-12/h2-6H,8H2,1H3,(H,14,15).